The Kier molecular flexibility index (Phi) is 10.1. The Morgan fingerprint density at radius 2 is 1.65 bits per heavy atom. The first-order valence-corrected chi connectivity index (χ1v) is 13.3. The van der Waals surface area contributed by atoms with Gasteiger partial charge in [0.2, 0.25) is 0 Å². The maximum Gasteiger partial charge on any atom is 0.336 e. The van der Waals surface area contributed by atoms with Gasteiger partial charge in [-0.05, 0) is 84.4 Å². The van der Waals surface area contributed by atoms with Gasteiger partial charge in [-0.2, -0.15) is 5.10 Å². The zero-order chi connectivity index (χ0) is 30.8. The number of hydrogen-bond donors (Lipinski definition) is 2. The number of benzene rings is 4. The number of halogens is 1. The summed E-state index contributed by atoms with van der Waals surface area (Å²) < 4.78 is 11.2. The predicted octanol–water partition coefficient (Wildman–Crippen LogP) is 6.00. The number of nitrogens with zero attached hydrogens (tertiary/aromatic N) is 2. The second kappa shape index (κ2) is 14.3. The average Bonchev–Trinajstić information content (AvgIpc) is 3.01. The molecule has 0 aliphatic rings. The second-order valence-corrected chi connectivity index (χ2v) is 9.66. The number of nitrogens with one attached hydrogen (secondary N) is 2. The van der Waals surface area contributed by atoms with Gasteiger partial charge in [0.15, 0.2) is 0 Å². The van der Waals surface area contributed by atoms with Crippen molar-refractivity contribution in [3.05, 3.63) is 134 Å². The van der Waals surface area contributed by atoms with Crippen LogP contribution in [0, 0.1) is 10.1 Å². The number of amides is 2. The molecular formula is C31H23BrN4O7. The fraction of sp³-hybridized carbons (Fsp3) is 0.0323. The third kappa shape index (κ3) is 8.68. The van der Waals surface area contributed by atoms with Crippen LogP contribution >= 0.6 is 15.9 Å². The summed E-state index contributed by atoms with van der Waals surface area (Å²) in [6.07, 6.45) is 3.97. The Bertz CT molecular complexity index is 1720. The highest BCUT2D eigenvalue weighted by Gasteiger charge is 2.11. The molecule has 43 heavy (non-hydrogen) atoms. The molecule has 0 heterocycles. The van der Waals surface area contributed by atoms with Crippen molar-refractivity contribution < 1.29 is 28.8 Å². The Balaban J connectivity index is 1.38. The normalized spacial score (nSPS) is 10.8. The Morgan fingerprint density at radius 3 is 2.35 bits per heavy atom. The van der Waals surface area contributed by atoms with Gasteiger partial charge in [-0.25, -0.2) is 10.2 Å². The van der Waals surface area contributed by atoms with E-state index < -0.39 is 16.8 Å². The molecular weight excluding hydrogens is 620 g/mol. The summed E-state index contributed by atoms with van der Waals surface area (Å²) in [6, 6.07) is 23.5. The minimum Gasteiger partial charge on any atom is -0.497 e. The zero-order valence-electron chi connectivity index (χ0n) is 22.5. The molecule has 0 fully saturated rings. The van der Waals surface area contributed by atoms with E-state index >= 15 is 0 Å². The lowest BCUT2D eigenvalue weighted by Crippen LogP contribution is -2.18. The molecule has 11 nitrogen and oxygen atoms in total. The lowest BCUT2D eigenvalue weighted by atomic mass is 10.1. The first-order valence-electron chi connectivity index (χ1n) is 12.5. The average molecular weight is 643 g/mol. The summed E-state index contributed by atoms with van der Waals surface area (Å²) in [7, 11) is 1.54. The van der Waals surface area contributed by atoms with Gasteiger partial charge in [0.1, 0.15) is 11.5 Å². The molecule has 0 radical (unpaired) electrons. The Labute approximate surface area is 254 Å². The van der Waals surface area contributed by atoms with E-state index in [1.165, 1.54) is 55.8 Å². The molecule has 2 amide bonds. The number of nitro benzene ring substituents is 1. The maximum absolute atomic E-state index is 12.7. The van der Waals surface area contributed by atoms with Crippen LogP contribution in [0.2, 0.25) is 0 Å². The minimum atomic E-state index is -0.687. The summed E-state index contributed by atoms with van der Waals surface area (Å²) in [4.78, 5) is 48.0. The molecule has 0 aliphatic carbocycles. The van der Waals surface area contributed by atoms with Gasteiger partial charge in [0, 0.05) is 45.1 Å². The highest BCUT2D eigenvalue weighted by molar-refractivity contribution is 9.10. The van der Waals surface area contributed by atoms with Crippen molar-refractivity contribution in [1.82, 2.24) is 5.43 Å². The molecule has 0 aliphatic heterocycles. The molecule has 0 unspecified atom stereocenters. The molecule has 0 saturated carbocycles. The first-order chi connectivity index (χ1) is 20.7. The predicted molar refractivity (Wildman–Crippen MR) is 164 cm³/mol. The number of rotatable bonds is 10. The molecule has 0 atom stereocenters. The van der Waals surface area contributed by atoms with Crippen LogP contribution in [-0.4, -0.2) is 36.0 Å². The number of hydrogen-bond acceptors (Lipinski definition) is 8. The van der Waals surface area contributed by atoms with Gasteiger partial charge < -0.3 is 14.8 Å². The quantitative estimate of drug-likeness (QED) is 0.0538. The lowest BCUT2D eigenvalue weighted by molar-refractivity contribution is -0.384. The van der Waals surface area contributed by atoms with E-state index in [-0.39, 0.29) is 22.9 Å². The van der Waals surface area contributed by atoms with Crippen molar-refractivity contribution in [2.75, 3.05) is 12.4 Å². The van der Waals surface area contributed by atoms with E-state index in [1.54, 1.807) is 60.7 Å². The molecule has 2 N–H and O–H groups in total. The summed E-state index contributed by atoms with van der Waals surface area (Å²) >= 11 is 3.36. The van der Waals surface area contributed by atoms with Gasteiger partial charge in [-0.15, -0.1) is 0 Å². The molecule has 216 valence electrons. The van der Waals surface area contributed by atoms with E-state index in [0.717, 1.165) is 0 Å². The summed E-state index contributed by atoms with van der Waals surface area (Å²) in [5.74, 6) is -0.759. The van der Waals surface area contributed by atoms with Crippen LogP contribution in [-0.2, 0) is 4.79 Å². The second-order valence-electron chi connectivity index (χ2n) is 8.75. The lowest BCUT2D eigenvalue weighted by Gasteiger charge is -2.08. The van der Waals surface area contributed by atoms with Crippen molar-refractivity contribution >= 4 is 57.4 Å². The van der Waals surface area contributed by atoms with Gasteiger partial charge >= 0.3 is 5.97 Å². The monoisotopic (exact) mass is 642 g/mol. The van der Waals surface area contributed by atoms with Crippen LogP contribution in [0.4, 0.5) is 11.4 Å². The molecule has 4 aromatic carbocycles. The van der Waals surface area contributed by atoms with E-state index in [1.807, 2.05) is 0 Å². The molecule has 12 heteroatoms. The molecule has 4 aromatic rings. The number of carbonyl (C=O) groups excluding carboxylic acids is 3. The largest absolute Gasteiger partial charge is 0.497 e. The van der Waals surface area contributed by atoms with Crippen LogP contribution in [0.3, 0.4) is 0 Å². The number of methoxy groups -OCH3 is 1. The van der Waals surface area contributed by atoms with E-state index in [0.29, 0.717) is 32.6 Å². The van der Waals surface area contributed by atoms with Gasteiger partial charge in [-0.1, -0.05) is 22.0 Å². The van der Waals surface area contributed by atoms with Crippen LogP contribution in [0.5, 0.6) is 11.5 Å². The summed E-state index contributed by atoms with van der Waals surface area (Å²) in [6.45, 7) is 0. The van der Waals surface area contributed by atoms with Crippen LogP contribution in [0.1, 0.15) is 31.8 Å². The van der Waals surface area contributed by atoms with Gasteiger partial charge in [0.05, 0.1) is 18.2 Å². The number of hydrazone groups is 1. The zero-order valence-corrected chi connectivity index (χ0v) is 24.1. The summed E-state index contributed by atoms with van der Waals surface area (Å²) in [5.41, 5.74) is 4.42. The molecule has 0 saturated heterocycles. The number of carbonyl (C=O) groups is 3. The maximum atomic E-state index is 12.7. The smallest absolute Gasteiger partial charge is 0.336 e. The highest BCUT2D eigenvalue weighted by atomic mass is 79.9. The van der Waals surface area contributed by atoms with E-state index in [9.17, 15) is 24.5 Å². The van der Waals surface area contributed by atoms with Crippen molar-refractivity contribution in [3.8, 4) is 11.5 Å². The Morgan fingerprint density at radius 1 is 0.907 bits per heavy atom. The topological polar surface area (TPSA) is 149 Å². The first kappa shape index (κ1) is 30.3. The van der Waals surface area contributed by atoms with Crippen molar-refractivity contribution in [2.24, 2.45) is 5.10 Å². The number of anilines is 1. The molecule has 0 aromatic heterocycles. The SMILES string of the molecule is COc1ccc(C(=O)Nc2cccc(C(=O)NN=Cc3cc(Br)ccc3OC(=O)/C=C/c3ccc([N+](=O)[O-])cc3)c2)cc1. The third-order valence-electron chi connectivity index (χ3n) is 5.80. The standard InChI is InChI=1S/C31H23BrN4O7/c1-42-27-13-8-21(9-14-27)30(38)34-25-4-2-3-22(18-25)31(39)35-33-19-23-17-24(32)10-15-28(23)43-29(37)16-7-20-5-11-26(12-6-20)36(40)41/h2-19H,1H3,(H,34,38)(H,35,39)/b16-7+,33-19?. The van der Waals surface area contributed by atoms with Crippen LogP contribution < -0.4 is 20.2 Å². The molecule has 0 spiro atoms. The van der Waals surface area contributed by atoms with Crippen LogP contribution in [0.25, 0.3) is 6.08 Å². The number of non-ortho nitro benzene ring substituents is 1. The molecule has 4 rings (SSSR count). The summed E-state index contributed by atoms with van der Waals surface area (Å²) in [5, 5.41) is 17.5. The number of ether oxygens (including phenoxy) is 2. The number of nitro groups is 1. The fourth-order valence-corrected chi connectivity index (χ4v) is 4.01. The van der Waals surface area contributed by atoms with Crippen molar-refractivity contribution in [2.45, 2.75) is 0 Å². The van der Waals surface area contributed by atoms with E-state index in [2.05, 4.69) is 31.8 Å². The van der Waals surface area contributed by atoms with E-state index in [4.69, 9.17) is 9.47 Å². The van der Waals surface area contributed by atoms with Gasteiger partial charge in [-0.3, -0.25) is 19.7 Å². The third-order valence-corrected chi connectivity index (χ3v) is 6.30. The van der Waals surface area contributed by atoms with Gasteiger partial charge in [0.25, 0.3) is 17.5 Å². The Hall–Kier alpha value is -5.62. The van der Waals surface area contributed by atoms with Crippen LogP contribution in [0.15, 0.2) is 107 Å². The van der Waals surface area contributed by atoms with Crippen molar-refractivity contribution in [1.29, 1.82) is 0 Å². The highest BCUT2D eigenvalue weighted by Crippen LogP contribution is 2.22. The van der Waals surface area contributed by atoms with Crippen molar-refractivity contribution in [3.63, 3.8) is 0 Å². The number of esters is 1. The minimum absolute atomic E-state index is 0.0604. The molecule has 0 bridgehead atoms. The fourth-order valence-electron chi connectivity index (χ4n) is 3.64.